The van der Waals surface area contributed by atoms with Crippen molar-refractivity contribution < 1.29 is 4.74 Å². The van der Waals surface area contributed by atoms with Crippen LogP contribution < -0.4 is 5.32 Å². The Labute approximate surface area is 167 Å². The third-order valence-corrected chi connectivity index (χ3v) is 5.50. The van der Waals surface area contributed by atoms with Gasteiger partial charge in [-0.25, -0.2) is 4.99 Å². The molecule has 0 amide bonds. The fourth-order valence-electron chi connectivity index (χ4n) is 2.31. The van der Waals surface area contributed by atoms with E-state index in [0.29, 0.717) is 6.54 Å². The number of nitrogens with one attached hydrogen (secondary N) is 1. The summed E-state index contributed by atoms with van der Waals surface area (Å²) in [5.74, 6) is 2.59. The summed E-state index contributed by atoms with van der Waals surface area (Å²) in [6.45, 7) is 7.55. The molecule has 0 saturated carbocycles. The van der Waals surface area contributed by atoms with Gasteiger partial charge >= 0.3 is 0 Å². The van der Waals surface area contributed by atoms with Crippen LogP contribution in [0.3, 0.4) is 0 Å². The zero-order valence-corrected chi connectivity index (χ0v) is 18.2. The van der Waals surface area contributed by atoms with Crippen LogP contribution in [0.15, 0.2) is 20.9 Å². The second-order valence-electron chi connectivity index (χ2n) is 5.90. The van der Waals surface area contributed by atoms with Gasteiger partial charge in [0, 0.05) is 38.7 Å². The van der Waals surface area contributed by atoms with Gasteiger partial charge in [-0.15, -0.1) is 21.5 Å². The van der Waals surface area contributed by atoms with Crippen LogP contribution in [0.4, 0.5) is 0 Å². The number of ether oxygens (including phenoxy) is 1. The number of aryl methyl sites for hydroxylation is 1. The number of aromatic nitrogens is 3. The van der Waals surface area contributed by atoms with Gasteiger partial charge in [0.2, 0.25) is 0 Å². The monoisotopic (exact) mass is 442 g/mol. The molecule has 0 aromatic carbocycles. The summed E-state index contributed by atoms with van der Waals surface area (Å²) < 4.78 is 8.51. The Morgan fingerprint density at radius 2 is 2.23 bits per heavy atom. The Kier molecular flexibility index (Phi) is 8.53. The highest BCUT2D eigenvalue weighted by molar-refractivity contribution is 9.11. The van der Waals surface area contributed by atoms with E-state index >= 15 is 0 Å². The Morgan fingerprint density at radius 1 is 1.42 bits per heavy atom. The lowest BCUT2D eigenvalue weighted by molar-refractivity contribution is 0.145. The lowest BCUT2D eigenvalue weighted by atomic mass is 10.4. The van der Waals surface area contributed by atoms with Crippen molar-refractivity contribution in [1.29, 1.82) is 0 Å². The van der Waals surface area contributed by atoms with Crippen molar-refractivity contribution in [2.75, 3.05) is 26.8 Å². The molecule has 0 fully saturated rings. The number of rotatable bonds is 9. The highest BCUT2D eigenvalue weighted by atomic mass is 79.9. The molecule has 26 heavy (non-hydrogen) atoms. The van der Waals surface area contributed by atoms with E-state index in [1.54, 1.807) is 11.3 Å². The highest BCUT2D eigenvalue weighted by Gasteiger charge is 2.10. The highest BCUT2D eigenvalue weighted by Crippen LogP contribution is 2.23. The first-order chi connectivity index (χ1) is 12.5. The Balaban J connectivity index is 2.01. The molecule has 0 atom stereocenters. The molecule has 144 valence electrons. The average Bonchev–Trinajstić information content (AvgIpc) is 3.16. The first-order valence-corrected chi connectivity index (χ1v) is 10.3. The molecule has 9 heteroatoms. The fraction of sp³-hybridized carbons (Fsp3) is 0.588. The Morgan fingerprint density at radius 3 is 2.85 bits per heavy atom. The maximum Gasteiger partial charge on any atom is 0.194 e. The van der Waals surface area contributed by atoms with Gasteiger partial charge in [-0.05, 0) is 48.3 Å². The lowest BCUT2D eigenvalue weighted by Crippen LogP contribution is -2.39. The summed E-state index contributed by atoms with van der Waals surface area (Å²) in [6, 6.07) is 4.20. The van der Waals surface area contributed by atoms with Crippen LogP contribution in [0.5, 0.6) is 0 Å². The van der Waals surface area contributed by atoms with Crippen LogP contribution in [0.25, 0.3) is 0 Å². The zero-order chi connectivity index (χ0) is 18.9. The number of halogens is 1. The second kappa shape index (κ2) is 10.6. The molecule has 2 heterocycles. The summed E-state index contributed by atoms with van der Waals surface area (Å²) in [5, 5.41) is 11.7. The van der Waals surface area contributed by atoms with Gasteiger partial charge < -0.3 is 19.5 Å². The van der Waals surface area contributed by atoms with Crippen LogP contribution >= 0.6 is 27.3 Å². The molecule has 0 saturated heterocycles. The molecule has 7 nitrogen and oxygen atoms in total. The smallest absolute Gasteiger partial charge is 0.194 e. The van der Waals surface area contributed by atoms with Gasteiger partial charge in [0.1, 0.15) is 12.4 Å². The van der Waals surface area contributed by atoms with Crippen LogP contribution in [0.2, 0.25) is 0 Å². The minimum atomic E-state index is 0.490. The Bertz CT molecular complexity index is 714. The maximum absolute atomic E-state index is 5.40. The third-order valence-electron chi connectivity index (χ3n) is 3.89. The number of guanidine groups is 1. The van der Waals surface area contributed by atoms with E-state index in [2.05, 4.69) is 48.5 Å². The van der Waals surface area contributed by atoms with Crippen molar-refractivity contribution >= 4 is 33.2 Å². The molecule has 0 radical (unpaired) electrons. The van der Waals surface area contributed by atoms with Gasteiger partial charge in [0.15, 0.2) is 11.8 Å². The number of hydrogen-bond acceptors (Lipinski definition) is 5. The average molecular weight is 443 g/mol. The molecule has 0 aliphatic heterocycles. The van der Waals surface area contributed by atoms with Crippen molar-refractivity contribution in [2.24, 2.45) is 12.0 Å². The molecule has 0 spiro atoms. The molecule has 2 rings (SSSR count). The van der Waals surface area contributed by atoms with Crippen LogP contribution in [-0.2, 0) is 24.9 Å². The molecule has 0 unspecified atom stereocenters. The van der Waals surface area contributed by atoms with Crippen LogP contribution in [-0.4, -0.2) is 52.4 Å². The molecular formula is C17H27BrN6OS. The maximum atomic E-state index is 5.40. The van der Waals surface area contributed by atoms with E-state index in [-0.39, 0.29) is 0 Å². The summed E-state index contributed by atoms with van der Waals surface area (Å²) in [6.07, 6.45) is 0.939. The first kappa shape index (κ1) is 20.9. The normalized spacial score (nSPS) is 11.8. The SMILES string of the molecule is CCOCCCNC(=NCc1nnc(C)n1C)N(C)Cc1ccc(Br)s1. The molecular weight excluding hydrogens is 416 g/mol. The number of aliphatic imine (C=N–C) groups is 1. The Hall–Kier alpha value is -1.45. The quantitative estimate of drug-likeness (QED) is 0.367. The topological polar surface area (TPSA) is 67.6 Å². The predicted octanol–water partition coefficient (Wildman–Crippen LogP) is 2.95. The van der Waals surface area contributed by atoms with Gasteiger partial charge in [-0.1, -0.05) is 0 Å². The second-order valence-corrected chi connectivity index (χ2v) is 8.45. The lowest BCUT2D eigenvalue weighted by Gasteiger charge is -2.22. The summed E-state index contributed by atoms with van der Waals surface area (Å²) in [7, 11) is 4.01. The molecule has 1 N–H and O–H groups in total. The van der Waals surface area contributed by atoms with Crippen molar-refractivity contribution in [3.8, 4) is 0 Å². The minimum Gasteiger partial charge on any atom is -0.382 e. The van der Waals surface area contributed by atoms with Crippen molar-refractivity contribution in [2.45, 2.75) is 33.4 Å². The van der Waals surface area contributed by atoms with E-state index in [1.165, 1.54) is 4.88 Å². The van der Waals surface area contributed by atoms with E-state index < -0.39 is 0 Å². The summed E-state index contributed by atoms with van der Waals surface area (Å²) in [5.41, 5.74) is 0. The fourth-order valence-corrected chi connectivity index (χ4v) is 3.85. The van der Waals surface area contributed by atoms with Crippen molar-refractivity contribution in [1.82, 2.24) is 25.0 Å². The van der Waals surface area contributed by atoms with E-state index in [9.17, 15) is 0 Å². The number of nitrogens with zero attached hydrogens (tertiary/aromatic N) is 5. The van der Waals surface area contributed by atoms with E-state index in [1.807, 2.05) is 32.5 Å². The number of thiophene rings is 1. The van der Waals surface area contributed by atoms with E-state index in [4.69, 9.17) is 9.73 Å². The van der Waals surface area contributed by atoms with Gasteiger partial charge in [0.25, 0.3) is 0 Å². The third kappa shape index (κ3) is 6.37. The molecule has 0 aliphatic rings. The predicted molar refractivity (Wildman–Crippen MR) is 109 cm³/mol. The summed E-state index contributed by atoms with van der Waals surface area (Å²) in [4.78, 5) is 8.15. The summed E-state index contributed by atoms with van der Waals surface area (Å²) >= 11 is 5.25. The first-order valence-electron chi connectivity index (χ1n) is 8.67. The zero-order valence-electron chi connectivity index (χ0n) is 15.8. The standard InChI is InChI=1S/C17H27BrN6OS/c1-5-25-10-6-9-19-17(20-11-16-22-21-13(2)24(16)4)23(3)12-14-7-8-15(18)26-14/h7-8H,5-6,9-12H2,1-4H3,(H,19,20). The van der Waals surface area contributed by atoms with Gasteiger partial charge in [0.05, 0.1) is 10.3 Å². The largest absolute Gasteiger partial charge is 0.382 e. The van der Waals surface area contributed by atoms with Crippen molar-refractivity contribution in [3.63, 3.8) is 0 Å². The molecule has 2 aromatic heterocycles. The van der Waals surface area contributed by atoms with Gasteiger partial charge in [-0.3, -0.25) is 0 Å². The minimum absolute atomic E-state index is 0.490. The molecule has 0 aliphatic carbocycles. The number of hydrogen-bond donors (Lipinski definition) is 1. The molecule has 0 bridgehead atoms. The van der Waals surface area contributed by atoms with Crippen molar-refractivity contribution in [3.05, 3.63) is 32.4 Å². The van der Waals surface area contributed by atoms with Gasteiger partial charge in [-0.2, -0.15) is 0 Å². The molecule has 2 aromatic rings. The van der Waals surface area contributed by atoms with E-state index in [0.717, 1.165) is 54.1 Å². The van der Waals surface area contributed by atoms with Crippen LogP contribution in [0, 0.1) is 6.92 Å². The van der Waals surface area contributed by atoms with Crippen LogP contribution in [0.1, 0.15) is 29.9 Å².